The molecule has 2 saturated heterocycles. The van der Waals surface area contributed by atoms with Crippen LogP contribution in [0.5, 0.6) is 5.75 Å². The van der Waals surface area contributed by atoms with Gasteiger partial charge in [0, 0.05) is 63.1 Å². The first kappa shape index (κ1) is 24.2. The summed E-state index contributed by atoms with van der Waals surface area (Å²) in [7, 11) is 1.35. The van der Waals surface area contributed by atoms with E-state index in [1.165, 1.54) is 12.7 Å². The Morgan fingerprint density at radius 2 is 1.59 bits per heavy atom. The molecule has 2 aliphatic heterocycles. The highest BCUT2D eigenvalue weighted by atomic mass is 16.6. The molecule has 0 atom stereocenters. The minimum Gasteiger partial charge on any atom is -0.482 e. The van der Waals surface area contributed by atoms with E-state index < -0.39 is 5.97 Å². The van der Waals surface area contributed by atoms with E-state index in [0.29, 0.717) is 11.7 Å². The minimum atomic E-state index is -0.398. The third-order valence-corrected chi connectivity index (χ3v) is 6.72. The molecule has 8 heteroatoms. The highest BCUT2D eigenvalue weighted by molar-refractivity contribution is 5.79. The number of hydrogen-bond donors (Lipinski definition) is 0. The lowest BCUT2D eigenvalue weighted by molar-refractivity contribution is -0.143. The summed E-state index contributed by atoms with van der Waals surface area (Å²) >= 11 is 0. The molecule has 1 aromatic heterocycles. The Hall–Kier alpha value is -2.97. The second kappa shape index (κ2) is 11.9. The largest absolute Gasteiger partial charge is 0.482 e. The first-order chi connectivity index (χ1) is 16.6. The molecule has 3 heterocycles. The van der Waals surface area contributed by atoms with E-state index in [9.17, 15) is 9.59 Å². The molecule has 182 valence electrons. The molecular weight excluding hydrogens is 432 g/mol. The molecule has 1 aromatic carbocycles. The molecule has 0 unspecified atom stereocenters. The fourth-order valence-electron chi connectivity index (χ4n) is 4.68. The molecule has 2 aliphatic rings. The first-order valence-corrected chi connectivity index (χ1v) is 12.0. The molecule has 2 fully saturated rings. The van der Waals surface area contributed by atoms with Gasteiger partial charge in [-0.1, -0.05) is 18.2 Å². The van der Waals surface area contributed by atoms with Crippen molar-refractivity contribution in [1.82, 2.24) is 19.7 Å². The topological polar surface area (TPSA) is 75.2 Å². The monoisotopic (exact) mass is 466 g/mol. The van der Waals surface area contributed by atoms with Crippen molar-refractivity contribution in [3.8, 4) is 5.75 Å². The van der Waals surface area contributed by atoms with Gasteiger partial charge in [-0.2, -0.15) is 0 Å². The Morgan fingerprint density at radius 1 is 0.912 bits per heavy atom. The second-order valence-corrected chi connectivity index (χ2v) is 8.98. The fraction of sp³-hybridized carbons (Fsp3) is 0.500. The zero-order chi connectivity index (χ0) is 23.8. The Balaban J connectivity index is 1.21. The van der Waals surface area contributed by atoms with Gasteiger partial charge in [-0.25, -0.2) is 4.79 Å². The minimum absolute atomic E-state index is 0.100. The van der Waals surface area contributed by atoms with Crippen LogP contribution >= 0.6 is 0 Å². The number of rotatable bonds is 8. The second-order valence-electron chi connectivity index (χ2n) is 8.98. The first-order valence-electron chi connectivity index (χ1n) is 12.0. The third-order valence-electron chi connectivity index (χ3n) is 6.72. The maximum absolute atomic E-state index is 13.1. The number of likely N-dealkylation sites (tertiary alicyclic amines) is 1. The molecule has 0 spiro atoms. The van der Waals surface area contributed by atoms with Crippen molar-refractivity contribution in [2.75, 3.05) is 53.0 Å². The van der Waals surface area contributed by atoms with Gasteiger partial charge in [-0.15, -0.1) is 0 Å². The van der Waals surface area contributed by atoms with Gasteiger partial charge in [0.05, 0.1) is 7.11 Å². The molecule has 34 heavy (non-hydrogen) atoms. The molecule has 0 radical (unpaired) electrons. The van der Waals surface area contributed by atoms with Gasteiger partial charge in [0.1, 0.15) is 5.75 Å². The van der Waals surface area contributed by atoms with Crippen molar-refractivity contribution in [1.29, 1.82) is 0 Å². The van der Waals surface area contributed by atoms with Gasteiger partial charge >= 0.3 is 5.97 Å². The van der Waals surface area contributed by atoms with Crippen LogP contribution in [0.3, 0.4) is 0 Å². The number of piperazine rings is 1. The molecule has 0 saturated carbocycles. The molecule has 1 amide bonds. The number of para-hydroxylation sites is 1. The fourth-order valence-corrected chi connectivity index (χ4v) is 4.68. The predicted molar refractivity (Wildman–Crippen MR) is 128 cm³/mol. The number of benzene rings is 1. The van der Waals surface area contributed by atoms with E-state index in [-0.39, 0.29) is 12.5 Å². The molecule has 2 aromatic rings. The Bertz CT molecular complexity index is 939. The predicted octanol–water partition coefficient (Wildman–Crippen LogP) is 2.19. The summed E-state index contributed by atoms with van der Waals surface area (Å²) in [6.07, 6.45) is 5.52. The third kappa shape index (κ3) is 6.55. The zero-order valence-corrected chi connectivity index (χ0v) is 19.9. The van der Waals surface area contributed by atoms with Gasteiger partial charge < -0.3 is 14.4 Å². The molecule has 8 nitrogen and oxygen atoms in total. The molecule has 0 bridgehead atoms. The average molecular weight is 467 g/mol. The van der Waals surface area contributed by atoms with Gasteiger partial charge in [0.25, 0.3) is 0 Å². The summed E-state index contributed by atoms with van der Waals surface area (Å²) in [5.74, 6) is 0.743. The van der Waals surface area contributed by atoms with E-state index in [1.807, 2.05) is 41.6 Å². The van der Waals surface area contributed by atoms with Gasteiger partial charge in [-0.3, -0.25) is 19.6 Å². The lowest BCUT2D eigenvalue weighted by atomic mass is 9.94. The summed E-state index contributed by atoms with van der Waals surface area (Å²) < 4.78 is 10.3. The zero-order valence-electron chi connectivity index (χ0n) is 19.9. The van der Waals surface area contributed by atoms with Gasteiger partial charge in [0.15, 0.2) is 6.61 Å². The Labute approximate surface area is 201 Å². The van der Waals surface area contributed by atoms with Crippen molar-refractivity contribution < 1.29 is 19.1 Å². The van der Waals surface area contributed by atoms with Crippen LogP contribution in [0.1, 0.15) is 24.0 Å². The van der Waals surface area contributed by atoms with Crippen LogP contribution in [-0.4, -0.2) is 84.5 Å². The van der Waals surface area contributed by atoms with Crippen molar-refractivity contribution >= 4 is 11.9 Å². The average Bonchev–Trinajstić information content (AvgIpc) is 2.89. The smallest absolute Gasteiger partial charge is 0.343 e. The molecular formula is C26H34N4O4. The summed E-state index contributed by atoms with van der Waals surface area (Å²) in [6.45, 7) is 6.64. The Morgan fingerprint density at radius 3 is 2.29 bits per heavy atom. The van der Waals surface area contributed by atoms with Crippen LogP contribution in [0.25, 0.3) is 0 Å². The van der Waals surface area contributed by atoms with Crippen LogP contribution in [0.15, 0.2) is 48.8 Å². The Kier molecular flexibility index (Phi) is 8.49. The number of carbonyl (C=O) groups is 2. The number of pyridine rings is 1. The number of aromatic nitrogens is 1. The van der Waals surface area contributed by atoms with Crippen molar-refractivity contribution in [2.45, 2.75) is 25.9 Å². The number of carbonyl (C=O) groups excluding carboxylic acids is 2. The maximum atomic E-state index is 13.1. The number of piperidine rings is 1. The molecule has 0 N–H and O–H groups in total. The summed E-state index contributed by atoms with van der Waals surface area (Å²) in [5, 5.41) is 0. The molecule has 4 rings (SSSR count). The summed E-state index contributed by atoms with van der Waals surface area (Å²) in [6, 6.07) is 11.9. The number of methoxy groups -OCH3 is 1. The highest BCUT2D eigenvalue weighted by Gasteiger charge is 2.30. The number of amides is 1. The van der Waals surface area contributed by atoms with E-state index >= 15 is 0 Å². The van der Waals surface area contributed by atoms with Crippen molar-refractivity contribution in [3.05, 3.63) is 59.9 Å². The van der Waals surface area contributed by atoms with Crippen LogP contribution in [0.2, 0.25) is 0 Å². The lowest BCUT2D eigenvalue weighted by Crippen LogP contribution is -2.51. The van der Waals surface area contributed by atoms with Crippen LogP contribution in [0.4, 0.5) is 0 Å². The maximum Gasteiger partial charge on any atom is 0.343 e. The number of esters is 1. The van der Waals surface area contributed by atoms with E-state index in [2.05, 4.69) is 31.7 Å². The summed E-state index contributed by atoms with van der Waals surface area (Å²) in [5.41, 5.74) is 2.31. The van der Waals surface area contributed by atoms with Crippen LogP contribution < -0.4 is 4.74 Å². The normalized spacial score (nSPS) is 18.0. The number of ether oxygens (including phenoxy) is 2. The van der Waals surface area contributed by atoms with Crippen molar-refractivity contribution in [3.63, 3.8) is 0 Å². The number of hydrogen-bond acceptors (Lipinski definition) is 7. The standard InChI is InChI=1S/C26H34N4O4/c1-33-25(31)20-34-24-5-3-2-4-23(24)19-29-14-16-30(17-15-29)26(32)22-8-12-28(13-9-22)18-21-6-10-27-11-7-21/h2-7,10-11,22H,8-9,12-20H2,1H3. The highest BCUT2D eigenvalue weighted by Crippen LogP contribution is 2.24. The van der Waals surface area contributed by atoms with E-state index in [1.54, 1.807) is 0 Å². The van der Waals surface area contributed by atoms with E-state index in [0.717, 1.165) is 70.8 Å². The van der Waals surface area contributed by atoms with Crippen molar-refractivity contribution in [2.24, 2.45) is 5.92 Å². The number of nitrogens with zero attached hydrogens (tertiary/aromatic N) is 4. The summed E-state index contributed by atoms with van der Waals surface area (Å²) in [4.78, 5) is 35.4. The van der Waals surface area contributed by atoms with Crippen LogP contribution in [0, 0.1) is 5.92 Å². The van der Waals surface area contributed by atoms with E-state index in [4.69, 9.17) is 4.74 Å². The lowest BCUT2D eigenvalue weighted by Gasteiger charge is -2.38. The van der Waals surface area contributed by atoms with Crippen LogP contribution in [-0.2, 0) is 27.4 Å². The van der Waals surface area contributed by atoms with Gasteiger partial charge in [0.2, 0.25) is 5.91 Å². The molecule has 0 aliphatic carbocycles. The quantitative estimate of drug-likeness (QED) is 0.552. The SMILES string of the molecule is COC(=O)COc1ccccc1CN1CCN(C(=O)C2CCN(Cc3ccncc3)CC2)CC1. The van der Waals surface area contributed by atoms with Gasteiger partial charge in [-0.05, 0) is 49.7 Å².